The second-order valence-electron chi connectivity index (χ2n) is 3.67. The highest BCUT2D eigenvalue weighted by molar-refractivity contribution is 7.12. The van der Waals surface area contributed by atoms with Gasteiger partial charge in [-0.25, -0.2) is 9.18 Å². The van der Waals surface area contributed by atoms with E-state index in [-0.39, 0.29) is 22.8 Å². The van der Waals surface area contributed by atoms with Crippen LogP contribution in [-0.4, -0.2) is 11.1 Å². The lowest BCUT2D eigenvalue weighted by Crippen LogP contribution is -2.00. The van der Waals surface area contributed by atoms with Crippen LogP contribution in [0.4, 0.5) is 4.39 Å². The highest BCUT2D eigenvalue weighted by Crippen LogP contribution is 2.25. The van der Waals surface area contributed by atoms with Crippen LogP contribution in [0.5, 0.6) is 5.75 Å². The van der Waals surface area contributed by atoms with Crippen molar-refractivity contribution in [2.75, 3.05) is 0 Å². The number of aromatic carboxylic acids is 1. The maximum atomic E-state index is 13.2. The lowest BCUT2D eigenvalue weighted by molar-refractivity contribution is 0.0697. The molecule has 0 spiro atoms. The van der Waals surface area contributed by atoms with Crippen molar-refractivity contribution in [1.29, 1.82) is 5.26 Å². The average molecular weight is 277 g/mol. The number of carbonyl (C=O) groups is 1. The fourth-order valence-electron chi connectivity index (χ4n) is 1.53. The maximum Gasteiger partial charge on any atom is 0.349 e. The van der Waals surface area contributed by atoms with Gasteiger partial charge in [0, 0.05) is 0 Å². The Kier molecular flexibility index (Phi) is 3.78. The lowest BCUT2D eigenvalue weighted by atomic mass is 10.1. The minimum atomic E-state index is -1.07. The summed E-state index contributed by atoms with van der Waals surface area (Å²) in [5, 5.41) is 19.2. The Balaban J connectivity index is 2.15. The number of rotatable bonds is 4. The highest BCUT2D eigenvalue weighted by Gasteiger charge is 2.13. The summed E-state index contributed by atoms with van der Waals surface area (Å²) < 4.78 is 18.5. The Morgan fingerprint density at radius 1 is 1.47 bits per heavy atom. The molecule has 0 atom stereocenters. The minimum Gasteiger partial charge on any atom is -0.487 e. The Morgan fingerprint density at radius 3 is 2.95 bits per heavy atom. The molecule has 0 unspecified atom stereocenters. The number of halogens is 1. The summed E-state index contributed by atoms with van der Waals surface area (Å²) in [4.78, 5) is 11.0. The molecule has 0 aliphatic rings. The number of ether oxygens (including phenoxy) is 1. The molecule has 4 nitrogen and oxygen atoms in total. The fourth-order valence-corrected chi connectivity index (χ4v) is 2.20. The molecule has 0 aliphatic heterocycles. The molecule has 1 aromatic carbocycles. The summed E-state index contributed by atoms with van der Waals surface area (Å²) in [5.41, 5.74) is 0.668. The second kappa shape index (κ2) is 5.50. The summed E-state index contributed by atoms with van der Waals surface area (Å²) in [6.07, 6.45) is 0. The molecular weight excluding hydrogens is 269 g/mol. The van der Waals surface area contributed by atoms with E-state index in [2.05, 4.69) is 0 Å². The first-order valence-electron chi connectivity index (χ1n) is 5.23. The molecule has 0 bridgehead atoms. The quantitative estimate of drug-likeness (QED) is 0.932. The molecule has 0 radical (unpaired) electrons. The fraction of sp³-hybridized carbons (Fsp3) is 0.0769. The molecule has 0 fully saturated rings. The van der Waals surface area contributed by atoms with Crippen LogP contribution in [0.2, 0.25) is 0 Å². The summed E-state index contributed by atoms with van der Waals surface area (Å²) in [6.45, 7) is 0.00343. The van der Waals surface area contributed by atoms with Crippen molar-refractivity contribution in [2.24, 2.45) is 0 Å². The zero-order valence-corrected chi connectivity index (χ0v) is 10.4. The van der Waals surface area contributed by atoms with E-state index in [0.717, 1.165) is 17.4 Å². The van der Waals surface area contributed by atoms with Gasteiger partial charge in [-0.05, 0) is 35.2 Å². The normalized spacial score (nSPS) is 9.89. The van der Waals surface area contributed by atoms with E-state index in [9.17, 15) is 9.18 Å². The number of nitrogens with zero attached hydrogens (tertiary/aromatic N) is 1. The van der Waals surface area contributed by atoms with Gasteiger partial charge in [-0.2, -0.15) is 5.26 Å². The minimum absolute atomic E-state index is 0.00343. The molecule has 96 valence electrons. The summed E-state index contributed by atoms with van der Waals surface area (Å²) >= 11 is 1.05. The van der Waals surface area contributed by atoms with Gasteiger partial charge in [0.15, 0.2) is 4.88 Å². The van der Waals surface area contributed by atoms with Crippen LogP contribution in [0, 0.1) is 17.1 Å². The Morgan fingerprint density at radius 2 is 2.26 bits per heavy atom. The number of benzene rings is 1. The van der Waals surface area contributed by atoms with E-state index < -0.39 is 11.8 Å². The van der Waals surface area contributed by atoms with E-state index in [1.807, 2.05) is 6.07 Å². The SMILES string of the molecule is N#Cc1cc(F)cc(COc2ccsc2C(=O)O)c1. The van der Waals surface area contributed by atoms with Crippen molar-refractivity contribution < 1.29 is 19.0 Å². The van der Waals surface area contributed by atoms with Gasteiger partial charge in [-0.3, -0.25) is 0 Å². The largest absolute Gasteiger partial charge is 0.487 e. The van der Waals surface area contributed by atoms with Crippen molar-refractivity contribution in [1.82, 2.24) is 0 Å². The van der Waals surface area contributed by atoms with Crippen molar-refractivity contribution in [3.63, 3.8) is 0 Å². The molecule has 1 N–H and O–H groups in total. The third-order valence-corrected chi connectivity index (χ3v) is 3.19. The maximum absolute atomic E-state index is 13.2. The first kappa shape index (κ1) is 13.1. The monoisotopic (exact) mass is 277 g/mol. The molecule has 0 saturated carbocycles. The summed E-state index contributed by atoms with van der Waals surface area (Å²) in [6, 6.07) is 7.25. The predicted molar refractivity (Wildman–Crippen MR) is 66.7 cm³/mol. The van der Waals surface area contributed by atoms with Crippen LogP contribution < -0.4 is 4.74 Å². The van der Waals surface area contributed by atoms with Crippen molar-refractivity contribution >= 4 is 17.3 Å². The predicted octanol–water partition coefficient (Wildman–Crippen LogP) is 3.04. The van der Waals surface area contributed by atoms with Crippen LogP contribution in [0.1, 0.15) is 20.8 Å². The zero-order chi connectivity index (χ0) is 13.8. The highest BCUT2D eigenvalue weighted by atomic mass is 32.1. The van der Waals surface area contributed by atoms with Gasteiger partial charge in [0.25, 0.3) is 0 Å². The number of hydrogen-bond acceptors (Lipinski definition) is 4. The van der Waals surface area contributed by atoms with Gasteiger partial charge < -0.3 is 9.84 Å². The molecule has 6 heteroatoms. The Labute approximate surface area is 112 Å². The van der Waals surface area contributed by atoms with Gasteiger partial charge in [0.2, 0.25) is 0 Å². The third-order valence-electron chi connectivity index (χ3n) is 2.30. The molecule has 2 rings (SSSR count). The Hall–Kier alpha value is -2.39. The molecule has 0 amide bonds. The molecule has 2 aromatic rings. The first-order chi connectivity index (χ1) is 9.10. The van der Waals surface area contributed by atoms with Gasteiger partial charge in [-0.1, -0.05) is 0 Å². The van der Waals surface area contributed by atoms with Gasteiger partial charge in [-0.15, -0.1) is 11.3 Å². The first-order valence-corrected chi connectivity index (χ1v) is 6.11. The molecule has 0 aliphatic carbocycles. The third kappa shape index (κ3) is 3.09. The Bertz CT molecular complexity index is 660. The molecule has 1 aromatic heterocycles. The topological polar surface area (TPSA) is 70.3 Å². The van der Waals surface area contributed by atoms with Crippen molar-refractivity contribution in [3.8, 4) is 11.8 Å². The number of carboxylic acids is 1. The van der Waals surface area contributed by atoms with Crippen LogP contribution in [0.25, 0.3) is 0 Å². The van der Waals surface area contributed by atoms with Crippen LogP contribution in [0.3, 0.4) is 0 Å². The van der Waals surface area contributed by atoms with E-state index in [4.69, 9.17) is 15.1 Å². The molecule has 0 saturated heterocycles. The van der Waals surface area contributed by atoms with E-state index in [0.29, 0.717) is 5.56 Å². The average Bonchev–Trinajstić information content (AvgIpc) is 2.84. The van der Waals surface area contributed by atoms with Crippen molar-refractivity contribution in [3.05, 3.63) is 51.5 Å². The number of thiophene rings is 1. The molecule has 19 heavy (non-hydrogen) atoms. The standard InChI is InChI=1S/C13H8FNO3S/c14-10-4-8(6-15)3-9(5-10)7-18-11-1-2-19-12(11)13(16)17/h1-5H,7H2,(H,16,17). The van der Waals surface area contributed by atoms with Gasteiger partial charge in [0.1, 0.15) is 18.2 Å². The molecular formula is C13H8FNO3S. The van der Waals surface area contributed by atoms with Gasteiger partial charge in [0.05, 0.1) is 11.6 Å². The van der Waals surface area contributed by atoms with Crippen LogP contribution in [-0.2, 0) is 6.61 Å². The zero-order valence-electron chi connectivity index (χ0n) is 9.59. The number of nitriles is 1. The summed E-state index contributed by atoms with van der Waals surface area (Å²) in [5.74, 6) is -1.36. The lowest BCUT2D eigenvalue weighted by Gasteiger charge is -2.06. The summed E-state index contributed by atoms with van der Waals surface area (Å²) in [7, 11) is 0. The molecule has 1 heterocycles. The number of hydrogen-bond donors (Lipinski definition) is 1. The van der Waals surface area contributed by atoms with E-state index in [1.54, 1.807) is 11.4 Å². The van der Waals surface area contributed by atoms with E-state index in [1.165, 1.54) is 12.1 Å². The van der Waals surface area contributed by atoms with Crippen LogP contribution in [0.15, 0.2) is 29.6 Å². The van der Waals surface area contributed by atoms with Crippen LogP contribution >= 0.6 is 11.3 Å². The van der Waals surface area contributed by atoms with E-state index >= 15 is 0 Å². The van der Waals surface area contributed by atoms with Crippen molar-refractivity contribution in [2.45, 2.75) is 6.61 Å². The smallest absolute Gasteiger partial charge is 0.349 e. The second-order valence-corrected chi connectivity index (χ2v) is 4.58. The number of carboxylic acid groups (broad SMARTS) is 1. The van der Waals surface area contributed by atoms with Gasteiger partial charge >= 0.3 is 5.97 Å².